The predicted octanol–water partition coefficient (Wildman–Crippen LogP) is 3.38. The molecule has 2 saturated carbocycles. The van der Waals surface area contributed by atoms with Gasteiger partial charge in [-0.1, -0.05) is 20.8 Å². The molecule has 1 N–H and O–H groups in total. The largest absolute Gasteiger partial charge is 0.379 e. The highest BCUT2D eigenvalue weighted by Gasteiger charge is 2.32. The third-order valence-corrected chi connectivity index (χ3v) is 4.57. The number of ether oxygens (including phenoxy) is 1. The number of carbonyl (C=O) groups excluding carboxylic acids is 1. The Labute approximate surface area is 123 Å². The van der Waals surface area contributed by atoms with E-state index in [1.165, 1.54) is 32.1 Å². The Hall–Kier alpha value is -0.570. The lowest BCUT2D eigenvalue weighted by Gasteiger charge is -2.38. The van der Waals surface area contributed by atoms with E-state index in [-0.39, 0.29) is 5.91 Å². The van der Waals surface area contributed by atoms with Gasteiger partial charge in [-0.15, -0.1) is 0 Å². The SMILES string of the molecule is CC1CC(CC(=O)NCCOCC2CC2)CC(C)(C)C1. The van der Waals surface area contributed by atoms with E-state index in [1.54, 1.807) is 0 Å². The summed E-state index contributed by atoms with van der Waals surface area (Å²) in [6.07, 6.45) is 7.01. The summed E-state index contributed by atoms with van der Waals surface area (Å²) in [4.78, 5) is 12.0. The van der Waals surface area contributed by atoms with Crippen molar-refractivity contribution in [3.8, 4) is 0 Å². The maximum absolute atomic E-state index is 12.0. The smallest absolute Gasteiger partial charge is 0.220 e. The summed E-state index contributed by atoms with van der Waals surface area (Å²) in [7, 11) is 0. The van der Waals surface area contributed by atoms with Crippen LogP contribution in [0.3, 0.4) is 0 Å². The van der Waals surface area contributed by atoms with Gasteiger partial charge in [0.05, 0.1) is 6.61 Å². The molecule has 2 aliphatic carbocycles. The molecule has 2 aliphatic rings. The Morgan fingerprint density at radius 1 is 1.25 bits per heavy atom. The summed E-state index contributed by atoms with van der Waals surface area (Å²) in [5, 5.41) is 3.00. The van der Waals surface area contributed by atoms with E-state index >= 15 is 0 Å². The lowest BCUT2D eigenvalue weighted by Crippen LogP contribution is -2.33. The van der Waals surface area contributed by atoms with Crippen molar-refractivity contribution in [3.63, 3.8) is 0 Å². The zero-order chi connectivity index (χ0) is 14.6. The first-order valence-corrected chi connectivity index (χ1v) is 8.29. The lowest BCUT2D eigenvalue weighted by atomic mass is 9.67. The van der Waals surface area contributed by atoms with E-state index < -0.39 is 0 Å². The monoisotopic (exact) mass is 281 g/mol. The summed E-state index contributed by atoms with van der Waals surface area (Å²) in [5.74, 6) is 2.31. The molecule has 3 heteroatoms. The maximum Gasteiger partial charge on any atom is 0.220 e. The van der Waals surface area contributed by atoms with Crippen molar-refractivity contribution in [1.82, 2.24) is 5.32 Å². The van der Waals surface area contributed by atoms with Crippen LogP contribution in [-0.4, -0.2) is 25.7 Å². The second kappa shape index (κ2) is 6.93. The summed E-state index contributed by atoms with van der Waals surface area (Å²) >= 11 is 0. The van der Waals surface area contributed by atoms with Crippen molar-refractivity contribution in [3.05, 3.63) is 0 Å². The molecule has 0 aromatic carbocycles. The van der Waals surface area contributed by atoms with Gasteiger partial charge in [0, 0.05) is 19.6 Å². The number of hydrogen-bond donors (Lipinski definition) is 1. The predicted molar refractivity (Wildman–Crippen MR) is 81.5 cm³/mol. The van der Waals surface area contributed by atoms with Gasteiger partial charge in [0.15, 0.2) is 0 Å². The highest BCUT2D eigenvalue weighted by Crippen LogP contribution is 2.42. The molecule has 2 unspecified atom stereocenters. The second-order valence-electron chi connectivity index (χ2n) is 7.85. The van der Waals surface area contributed by atoms with E-state index in [0.29, 0.717) is 30.9 Å². The first-order chi connectivity index (χ1) is 9.44. The fourth-order valence-corrected chi connectivity index (χ4v) is 3.83. The van der Waals surface area contributed by atoms with Gasteiger partial charge in [0.2, 0.25) is 5.91 Å². The quantitative estimate of drug-likeness (QED) is 0.727. The van der Waals surface area contributed by atoms with Crippen molar-refractivity contribution in [2.45, 2.75) is 59.3 Å². The molecular formula is C17H31NO2. The molecule has 0 saturated heterocycles. The number of carbonyl (C=O) groups is 1. The van der Waals surface area contributed by atoms with Crippen LogP contribution in [0.5, 0.6) is 0 Å². The summed E-state index contributed by atoms with van der Waals surface area (Å²) in [5.41, 5.74) is 0.399. The van der Waals surface area contributed by atoms with Gasteiger partial charge in [-0.2, -0.15) is 0 Å². The summed E-state index contributed by atoms with van der Waals surface area (Å²) in [6.45, 7) is 9.19. The Morgan fingerprint density at radius 2 is 2.00 bits per heavy atom. The van der Waals surface area contributed by atoms with Crippen molar-refractivity contribution in [2.24, 2.45) is 23.2 Å². The van der Waals surface area contributed by atoms with Gasteiger partial charge >= 0.3 is 0 Å². The lowest BCUT2D eigenvalue weighted by molar-refractivity contribution is -0.122. The van der Waals surface area contributed by atoms with Crippen LogP contribution in [0.2, 0.25) is 0 Å². The third-order valence-electron chi connectivity index (χ3n) is 4.57. The second-order valence-corrected chi connectivity index (χ2v) is 7.85. The first kappa shape index (κ1) is 15.8. The van der Waals surface area contributed by atoms with Crippen molar-refractivity contribution >= 4 is 5.91 Å². The fraction of sp³-hybridized carbons (Fsp3) is 0.941. The Bertz CT molecular complexity index is 323. The van der Waals surface area contributed by atoms with Crippen LogP contribution in [0.4, 0.5) is 0 Å². The minimum Gasteiger partial charge on any atom is -0.379 e. The minimum absolute atomic E-state index is 0.204. The summed E-state index contributed by atoms with van der Waals surface area (Å²) in [6, 6.07) is 0. The van der Waals surface area contributed by atoms with E-state index in [1.807, 2.05) is 0 Å². The molecule has 1 amide bonds. The van der Waals surface area contributed by atoms with Gasteiger partial charge in [0.25, 0.3) is 0 Å². The van der Waals surface area contributed by atoms with Crippen LogP contribution in [0.1, 0.15) is 59.3 Å². The van der Waals surface area contributed by atoms with E-state index in [4.69, 9.17) is 4.74 Å². The molecule has 2 rings (SSSR count). The van der Waals surface area contributed by atoms with Gasteiger partial charge in [-0.3, -0.25) is 4.79 Å². The zero-order valence-electron chi connectivity index (χ0n) is 13.4. The molecule has 2 fully saturated rings. The van der Waals surface area contributed by atoms with Crippen LogP contribution < -0.4 is 5.32 Å². The van der Waals surface area contributed by atoms with E-state index in [0.717, 1.165) is 18.4 Å². The van der Waals surface area contributed by atoms with Crippen LogP contribution >= 0.6 is 0 Å². The molecule has 2 atom stereocenters. The standard InChI is InChI=1S/C17H31NO2/c1-13-8-15(11-17(2,3)10-13)9-16(19)18-6-7-20-12-14-4-5-14/h13-15H,4-12H2,1-3H3,(H,18,19). The van der Waals surface area contributed by atoms with Crippen molar-refractivity contribution < 1.29 is 9.53 Å². The average molecular weight is 281 g/mol. The Morgan fingerprint density at radius 3 is 2.65 bits per heavy atom. The molecule has 0 aromatic rings. The van der Waals surface area contributed by atoms with Gasteiger partial charge in [-0.05, 0) is 55.3 Å². The maximum atomic E-state index is 12.0. The Balaban J connectivity index is 1.58. The fourth-order valence-electron chi connectivity index (χ4n) is 3.83. The molecule has 0 bridgehead atoms. The summed E-state index contributed by atoms with van der Waals surface area (Å²) < 4.78 is 5.53. The average Bonchev–Trinajstić information content (AvgIpc) is 3.09. The molecular weight excluding hydrogens is 250 g/mol. The van der Waals surface area contributed by atoms with Gasteiger partial charge < -0.3 is 10.1 Å². The normalized spacial score (nSPS) is 29.1. The molecule has 0 radical (unpaired) electrons. The number of nitrogens with one attached hydrogen (secondary N) is 1. The van der Waals surface area contributed by atoms with E-state index in [2.05, 4.69) is 26.1 Å². The number of amides is 1. The molecule has 0 spiro atoms. The van der Waals surface area contributed by atoms with Crippen LogP contribution in [0.25, 0.3) is 0 Å². The highest BCUT2D eigenvalue weighted by atomic mass is 16.5. The number of rotatable bonds is 7. The molecule has 0 heterocycles. The molecule has 3 nitrogen and oxygen atoms in total. The van der Waals surface area contributed by atoms with Crippen LogP contribution in [0, 0.1) is 23.2 Å². The van der Waals surface area contributed by atoms with Gasteiger partial charge in [0.1, 0.15) is 0 Å². The Kier molecular flexibility index (Phi) is 5.48. The van der Waals surface area contributed by atoms with Crippen molar-refractivity contribution in [1.29, 1.82) is 0 Å². The molecule has 20 heavy (non-hydrogen) atoms. The topological polar surface area (TPSA) is 38.3 Å². The molecule has 0 aliphatic heterocycles. The highest BCUT2D eigenvalue weighted by molar-refractivity contribution is 5.76. The minimum atomic E-state index is 0.204. The molecule has 0 aromatic heterocycles. The van der Waals surface area contributed by atoms with Crippen LogP contribution in [-0.2, 0) is 9.53 Å². The zero-order valence-corrected chi connectivity index (χ0v) is 13.4. The van der Waals surface area contributed by atoms with Crippen molar-refractivity contribution in [2.75, 3.05) is 19.8 Å². The first-order valence-electron chi connectivity index (χ1n) is 8.29. The third kappa shape index (κ3) is 5.82. The van der Waals surface area contributed by atoms with E-state index in [9.17, 15) is 4.79 Å². The van der Waals surface area contributed by atoms with Gasteiger partial charge in [-0.25, -0.2) is 0 Å². The number of hydrogen-bond acceptors (Lipinski definition) is 2. The molecule has 116 valence electrons. The van der Waals surface area contributed by atoms with Crippen LogP contribution in [0.15, 0.2) is 0 Å².